The van der Waals surface area contributed by atoms with Gasteiger partial charge in [0.2, 0.25) is 11.8 Å². The maximum Gasteiger partial charge on any atom is 0.315 e. The van der Waals surface area contributed by atoms with Crippen molar-refractivity contribution in [2.45, 2.75) is 44.4 Å². The van der Waals surface area contributed by atoms with E-state index in [1.54, 1.807) is 54.6 Å². The second-order valence-corrected chi connectivity index (χ2v) is 12.7. The van der Waals surface area contributed by atoms with Crippen LogP contribution in [0.4, 0.5) is 17.6 Å². The molecule has 1 N–H and O–H groups in total. The molecule has 0 spiro atoms. The summed E-state index contributed by atoms with van der Waals surface area (Å²) in [5, 5.41) is 22.9. The highest BCUT2D eigenvalue weighted by Gasteiger charge is 2.25. The van der Waals surface area contributed by atoms with E-state index in [-0.39, 0.29) is 42.6 Å². The number of nitrogens with zero attached hydrogens (tertiary/aromatic N) is 6. The number of carboxylic acid groups (broad SMARTS) is 1. The molecule has 7 aromatic rings. The Morgan fingerprint density at radius 1 is 0.610 bits per heavy atom. The van der Waals surface area contributed by atoms with Gasteiger partial charge < -0.3 is 27.8 Å². The van der Waals surface area contributed by atoms with E-state index in [1.165, 1.54) is 39.7 Å². The highest BCUT2D eigenvalue weighted by Crippen LogP contribution is 2.25. The van der Waals surface area contributed by atoms with Crippen LogP contribution in [0.1, 0.15) is 53.2 Å². The van der Waals surface area contributed by atoms with E-state index in [9.17, 15) is 41.8 Å². The first-order chi connectivity index (χ1) is 28.5. The van der Waals surface area contributed by atoms with Gasteiger partial charge in [0.25, 0.3) is 22.9 Å². The first kappa shape index (κ1) is 41.1. The number of aromatic nitrogens is 6. The fourth-order valence-corrected chi connectivity index (χ4v) is 5.70. The lowest BCUT2D eigenvalue weighted by molar-refractivity contribution is -0.147. The highest BCUT2D eigenvalue weighted by atomic mass is 19.3. The summed E-state index contributed by atoms with van der Waals surface area (Å²) in [5.74, 6) is -5.22. The SMILES string of the molecule is O=C(O)C(Cn1ccc(-c2nnc(C(F)F)o2)cc1=O)c1ccccc1.O=C(OCc1ccccc1)C(Cn1ccc(-c2nnc(C(F)F)o2)cc1=O)c1ccccc1. The summed E-state index contributed by atoms with van der Waals surface area (Å²) in [6.45, 7) is 0.0634. The number of pyridine rings is 2. The molecule has 0 saturated carbocycles. The van der Waals surface area contributed by atoms with Gasteiger partial charge in [-0.1, -0.05) is 91.0 Å². The largest absolute Gasteiger partial charge is 0.481 e. The molecule has 0 fully saturated rings. The number of carbonyl (C=O) groups excluding carboxylic acids is 1. The zero-order valence-corrected chi connectivity index (χ0v) is 30.6. The number of alkyl halides is 4. The lowest BCUT2D eigenvalue weighted by Crippen LogP contribution is -2.27. The van der Waals surface area contributed by atoms with E-state index in [4.69, 9.17) is 13.6 Å². The molecule has 0 amide bonds. The second-order valence-electron chi connectivity index (χ2n) is 12.7. The minimum absolute atomic E-state index is 0.0306. The van der Waals surface area contributed by atoms with Crippen LogP contribution in [0.25, 0.3) is 22.9 Å². The van der Waals surface area contributed by atoms with Crippen molar-refractivity contribution >= 4 is 11.9 Å². The molecule has 0 aliphatic carbocycles. The molecular weight excluding hydrogens is 780 g/mol. The Kier molecular flexibility index (Phi) is 13.3. The monoisotopic (exact) mass is 812 g/mol. The molecule has 2 unspecified atom stereocenters. The molecule has 2 atom stereocenters. The van der Waals surface area contributed by atoms with Crippen molar-refractivity contribution in [1.29, 1.82) is 0 Å². The van der Waals surface area contributed by atoms with Crippen molar-refractivity contribution in [3.63, 3.8) is 0 Å². The number of halogens is 4. The first-order valence-corrected chi connectivity index (χ1v) is 17.6. The fourth-order valence-electron chi connectivity index (χ4n) is 5.70. The van der Waals surface area contributed by atoms with Crippen LogP contribution in [0, 0.1) is 0 Å². The molecule has 0 bridgehead atoms. The maximum atomic E-state index is 12.9. The lowest BCUT2D eigenvalue weighted by atomic mass is 9.99. The smallest absolute Gasteiger partial charge is 0.315 e. The van der Waals surface area contributed by atoms with Gasteiger partial charge in [0.05, 0.1) is 11.8 Å². The predicted octanol–water partition coefficient (Wildman–Crippen LogP) is 7.07. The predicted molar refractivity (Wildman–Crippen MR) is 200 cm³/mol. The number of hydrogen-bond acceptors (Lipinski definition) is 11. The van der Waals surface area contributed by atoms with E-state index in [0.29, 0.717) is 11.1 Å². The number of esters is 1. The molecular formula is C41H32F4N6O8. The van der Waals surface area contributed by atoms with Crippen LogP contribution >= 0.6 is 0 Å². The molecule has 0 aliphatic heterocycles. The average Bonchev–Trinajstić information content (AvgIpc) is 3.95. The summed E-state index contributed by atoms with van der Waals surface area (Å²) in [4.78, 5) is 49.5. The topological polar surface area (TPSA) is 185 Å². The summed E-state index contributed by atoms with van der Waals surface area (Å²) in [6.07, 6.45) is -2.99. The molecule has 3 aromatic carbocycles. The number of rotatable bonds is 14. The standard InChI is InChI=1S/C24H19F2N3O4.C17H13F2N3O4/c25-21(26)23-28-27-22(33-23)18-11-12-29(20(30)13-18)14-19(17-9-5-2-6-10-17)24(31)32-15-16-7-3-1-4-8-16;18-14(19)16-21-20-15(26-16)11-6-7-22(13(23)8-11)9-12(17(24)25)10-4-2-1-3-5-10/h1-13,19,21H,14-15H2;1-8,12,14H,9H2,(H,24,25). The Balaban J connectivity index is 0.000000204. The summed E-state index contributed by atoms with van der Waals surface area (Å²) in [7, 11) is 0. The third-order valence-corrected chi connectivity index (χ3v) is 8.71. The van der Waals surface area contributed by atoms with E-state index in [1.807, 2.05) is 36.4 Å². The molecule has 7 rings (SSSR count). The van der Waals surface area contributed by atoms with Crippen LogP contribution in [0.2, 0.25) is 0 Å². The van der Waals surface area contributed by atoms with Crippen molar-refractivity contribution in [2.75, 3.05) is 0 Å². The van der Waals surface area contributed by atoms with Crippen molar-refractivity contribution in [2.24, 2.45) is 0 Å². The Morgan fingerprint density at radius 3 is 1.44 bits per heavy atom. The van der Waals surface area contributed by atoms with Crippen LogP contribution in [0.5, 0.6) is 0 Å². The van der Waals surface area contributed by atoms with Crippen molar-refractivity contribution in [3.8, 4) is 22.9 Å². The minimum atomic E-state index is -2.90. The number of carboxylic acids is 1. The molecule has 4 aromatic heterocycles. The van der Waals surface area contributed by atoms with Crippen LogP contribution in [0.3, 0.4) is 0 Å². The van der Waals surface area contributed by atoms with E-state index >= 15 is 0 Å². The number of benzene rings is 3. The normalized spacial score (nSPS) is 12.1. The zero-order chi connectivity index (χ0) is 41.9. The number of carbonyl (C=O) groups is 2. The van der Waals surface area contributed by atoms with Crippen LogP contribution in [0.15, 0.2) is 146 Å². The maximum absolute atomic E-state index is 12.9. The number of ether oxygens (including phenoxy) is 1. The lowest BCUT2D eigenvalue weighted by Gasteiger charge is -2.18. The summed E-state index contributed by atoms with van der Waals surface area (Å²) >= 11 is 0. The average molecular weight is 813 g/mol. The number of hydrogen-bond donors (Lipinski definition) is 1. The first-order valence-electron chi connectivity index (χ1n) is 17.6. The Morgan fingerprint density at radius 2 is 1.03 bits per heavy atom. The van der Waals surface area contributed by atoms with E-state index in [0.717, 1.165) is 11.6 Å². The van der Waals surface area contributed by atoms with Gasteiger partial charge in [-0.3, -0.25) is 19.2 Å². The van der Waals surface area contributed by atoms with Gasteiger partial charge in [-0.2, -0.15) is 17.6 Å². The van der Waals surface area contributed by atoms with Gasteiger partial charge >= 0.3 is 24.8 Å². The molecule has 14 nitrogen and oxygen atoms in total. The molecule has 4 heterocycles. The minimum Gasteiger partial charge on any atom is -0.481 e. The molecule has 0 radical (unpaired) electrons. The van der Waals surface area contributed by atoms with Crippen molar-refractivity contribution in [3.05, 3.63) is 177 Å². The van der Waals surface area contributed by atoms with Gasteiger partial charge in [0.15, 0.2) is 0 Å². The Hall–Kier alpha value is -7.50. The Bertz CT molecular complexity index is 2600. The van der Waals surface area contributed by atoms with Gasteiger partial charge in [-0.25, -0.2) is 0 Å². The van der Waals surface area contributed by atoms with Gasteiger partial charge in [-0.05, 0) is 28.8 Å². The van der Waals surface area contributed by atoms with Crippen LogP contribution in [-0.4, -0.2) is 46.6 Å². The van der Waals surface area contributed by atoms with Gasteiger partial charge in [0, 0.05) is 48.7 Å². The third kappa shape index (κ3) is 10.7. The zero-order valence-electron chi connectivity index (χ0n) is 30.6. The molecule has 18 heteroatoms. The summed E-state index contributed by atoms with van der Waals surface area (Å²) in [6, 6.07) is 32.1. The fraction of sp³-hybridized carbons (Fsp3) is 0.171. The van der Waals surface area contributed by atoms with Crippen molar-refractivity contribution < 1.29 is 45.8 Å². The highest BCUT2D eigenvalue weighted by molar-refractivity contribution is 5.78. The quantitative estimate of drug-likeness (QED) is 0.0872. The summed E-state index contributed by atoms with van der Waals surface area (Å²) < 4.78 is 68.1. The summed E-state index contributed by atoms with van der Waals surface area (Å²) in [5.41, 5.74) is 1.53. The second kappa shape index (κ2) is 19.1. The van der Waals surface area contributed by atoms with Crippen molar-refractivity contribution in [1.82, 2.24) is 29.5 Å². The van der Waals surface area contributed by atoms with Gasteiger partial charge in [0.1, 0.15) is 6.61 Å². The third-order valence-electron chi connectivity index (χ3n) is 8.71. The molecule has 0 saturated heterocycles. The number of aliphatic carboxylic acids is 1. The molecule has 0 aliphatic rings. The van der Waals surface area contributed by atoms with Gasteiger partial charge in [-0.15, -0.1) is 20.4 Å². The van der Waals surface area contributed by atoms with Crippen LogP contribution in [-0.2, 0) is 34.0 Å². The Labute approximate surface area is 331 Å². The van der Waals surface area contributed by atoms with E-state index < -0.39 is 59.5 Å². The van der Waals surface area contributed by atoms with E-state index in [2.05, 4.69) is 20.4 Å². The molecule has 59 heavy (non-hydrogen) atoms. The van der Waals surface area contributed by atoms with Crippen LogP contribution < -0.4 is 11.1 Å². The molecule has 302 valence electrons.